The monoisotopic (exact) mass is 215 g/mol. The molecule has 86 valence electrons. The highest BCUT2D eigenvalue weighted by Crippen LogP contribution is 2.19. The van der Waals surface area contributed by atoms with Crippen LogP contribution in [0.4, 0.5) is 0 Å². The van der Waals surface area contributed by atoms with Crippen LogP contribution in [0.25, 0.3) is 0 Å². The number of rotatable bonds is 6. The van der Waals surface area contributed by atoms with Gasteiger partial charge in [0.15, 0.2) is 0 Å². The molecule has 1 atom stereocenters. The highest BCUT2D eigenvalue weighted by molar-refractivity contribution is 5.25. The van der Waals surface area contributed by atoms with E-state index in [1.165, 1.54) is 17.5 Å². The Bertz CT molecular complexity index is 331. The van der Waals surface area contributed by atoms with Gasteiger partial charge in [0.1, 0.15) is 0 Å². The lowest BCUT2D eigenvalue weighted by molar-refractivity contribution is 0.729. The Kier molecular flexibility index (Phi) is 5.64. The SMILES string of the molecule is CCC(C)c1ccc(CCCCC#N)cc1. The molecule has 1 aromatic carbocycles. The number of unbranched alkanes of at least 4 members (excludes halogenated alkanes) is 2. The first-order chi connectivity index (χ1) is 7.77. The molecule has 1 aromatic rings. The van der Waals surface area contributed by atoms with Crippen LogP contribution in [0.15, 0.2) is 24.3 Å². The van der Waals surface area contributed by atoms with E-state index in [0.717, 1.165) is 19.3 Å². The van der Waals surface area contributed by atoms with Gasteiger partial charge in [0.2, 0.25) is 0 Å². The summed E-state index contributed by atoms with van der Waals surface area (Å²) in [6.07, 6.45) is 5.12. The molecule has 1 unspecified atom stereocenters. The van der Waals surface area contributed by atoms with E-state index in [4.69, 9.17) is 5.26 Å². The smallest absolute Gasteiger partial charge is 0.0621 e. The van der Waals surface area contributed by atoms with Gasteiger partial charge in [0.05, 0.1) is 6.07 Å². The van der Waals surface area contributed by atoms with Crippen LogP contribution < -0.4 is 0 Å². The Hall–Kier alpha value is -1.29. The van der Waals surface area contributed by atoms with Gasteiger partial charge in [-0.25, -0.2) is 0 Å². The lowest BCUT2D eigenvalue weighted by Crippen LogP contribution is -1.92. The summed E-state index contributed by atoms with van der Waals surface area (Å²) >= 11 is 0. The fraction of sp³-hybridized carbons (Fsp3) is 0.533. The van der Waals surface area contributed by atoms with Gasteiger partial charge in [-0.3, -0.25) is 0 Å². The Morgan fingerprint density at radius 2 is 1.88 bits per heavy atom. The van der Waals surface area contributed by atoms with E-state index in [2.05, 4.69) is 44.2 Å². The summed E-state index contributed by atoms with van der Waals surface area (Å²) in [5.41, 5.74) is 2.83. The lowest BCUT2D eigenvalue weighted by atomic mass is 9.96. The normalized spacial score (nSPS) is 12.1. The van der Waals surface area contributed by atoms with E-state index in [1.54, 1.807) is 0 Å². The van der Waals surface area contributed by atoms with Crippen LogP contribution in [0.1, 0.15) is 56.6 Å². The highest BCUT2D eigenvalue weighted by atomic mass is 14.2. The summed E-state index contributed by atoms with van der Waals surface area (Å²) in [7, 11) is 0. The molecular weight excluding hydrogens is 194 g/mol. The predicted octanol–water partition coefficient (Wildman–Crippen LogP) is 4.44. The molecule has 0 N–H and O–H groups in total. The van der Waals surface area contributed by atoms with Crippen LogP contribution in [-0.4, -0.2) is 0 Å². The molecule has 0 aromatic heterocycles. The summed E-state index contributed by atoms with van der Waals surface area (Å²) < 4.78 is 0. The quantitative estimate of drug-likeness (QED) is 0.644. The standard InChI is InChI=1S/C15H21N/c1-3-13(2)15-10-8-14(9-11-15)7-5-4-6-12-16/h8-11,13H,3-7H2,1-2H3. The molecule has 0 heterocycles. The molecule has 0 aliphatic heterocycles. The first kappa shape index (κ1) is 12.8. The molecule has 0 saturated carbocycles. The van der Waals surface area contributed by atoms with Crippen molar-refractivity contribution in [3.8, 4) is 6.07 Å². The van der Waals surface area contributed by atoms with Gasteiger partial charge >= 0.3 is 0 Å². The third-order valence-electron chi connectivity index (χ3n) is 3.17. The average molecular weight is 215 g/mol. The average Bonchev–Trinajstić information content (AvgIpc) is 2.34. The molecule has 0 bridgehead atoms. The first-order valence-corrected chi connectivity index (χ1v) is 6.23. The number of nitrogens with zero attached hydrogens (tertiary/aromatic N) is 1. The molecular formula is C15H21N. The molecule has 1 nitrogen and oxygen atoms in total. The second-order valence-corrected chi connectivity index (χ2v) is 4.42. The van der Waals surface area contributed by atoms with Crippen molar-refractivity contribution in [2.24, 2.45) is 0 Å². The second-order valence-electron chi connectivity index (χ2n) is 4.42. The molecule has 0 saturated heterocycles. The minimum atomic E-state index is 0.660. The van der Waals surface area contributed by atoms with Gasteiger partial charge in [-0.1, -0.05) is 38.1 Å². The summed E-state index contributed by atoms with van der Waals surface area (Å²) in [6.45, 7) is 4.49. The van der Waals surface area contributed by atoms with Crippen molar-refractivity contribution >= 4 is 0 Å². The van der Waals surface area contributed by atoms with Crippen molar-refractivity contribution in [1.29, 1.82) is 5.26 Å². The highest BCUT2D eigenvalue weighted by Gasteiger charge is 2.02. The van der Waals surface area contributed by atoms with Crippen LogP contribution >= 0.6 is 0 Å². The van der Waals surface area contributed by atoms with Crippen LogP contribution in [-0.2, 0) is 6.42 Å². The van der Waals surface area contributed by atoms with Gasteiger partial charge in [-0.05, 0) is 42.7 Å². The molecule has 0 fully saturated rings. The molecule has 0 radical (unpaired) electrons. The molecule has 0 aliphatic carbocycles. The van der Waals surface area contributed by atoms with E-state index in [0.29, 0.717) is 12.3 Å². The number of hydrogen-bond acceptors (Lipinski definition) is 1. The topological polar surface area (TPSA) is 23.8 Å². The Balaban J connectivity index is 2.43. The van der Waals surface area contributed by atoms with Crippen molar-refractivity contribution in [2.75, 3.05) is 0 Å². The zero-order valence-electron chi connectivity index (χ0n) is 10.4. The maximum Gasteiger partial charge on any atom is 0.0621 e. The van der Waals surface area contributed by atoms with Gasteiger partial charge in [-0.2, -0.15) is 5.26 Å². The maximum absolute atomic E-state index is 8.44. The van der Waals surface area contributed by atoms with Crippen molar-refractivity contribution in [2.45, 2.75) is 51.9 Å². The lowest BCUT2D eigenvalue weighted by Gasteiger charge is -2.09. The number of aryl methyl sites for hydroxylation is 1. The van der Waals surface area contributed by atoms with E-state index in [1.807, 2.05) is 0 Å². The van der Waals surface area contributed by atoms with Crippen LogP contribution in [0.3, 0.4) is 0 Å². The van der Waals surface area contributed by atoms with E-state index >= 15 is 0 Å². The Morgan fingerprint density at radius 3 is 2.44 bits per heavy atom. The van der Waals surface area contributed by atoms with Crippen LogP contribution in [0, 0.1) is 11.3 Å². The van der Waals surface area contributed by atoms with E-state index in [-0.39, 0.29) is 0 Å². The third kappa shape index (κ3) is 4.06. The Morgan fingerprint density at radius 1 is 1.19 bits per heavy atom. The van der Waals surface area contributed by atoms with Gasteiger partial charge in [0.25, 0.3) is 0 Å². The van der Waals surface area contributed by atoms with Gasteiger partial charge in [-0.15, -0.1) is 0 Å². The largest absolute Gasteiger partial charge is 0.198 e. The molecule has 0 amide bonds. The molecule has 16 heavy (non-hydrogen) atoms. The van der Waals surface area contributed by atoms with Crippen molar-refractivity contribution < 1.29 is 0 Å². The molecule has 1 heteroatoms. The predicted molar refractivity (Wildman–Crippen MR) is 68.3 cm³/mol. The summed E-state index contributed by atoms with van der Waals surface area (Å²) in [5.74, 6) is 0.660. The van der Waals surface area contributed by atoms with Crippen LogP contribution in [0.2, 0.25) is 0 Å². The fourth-order valence-corrected chi connectivity index (χ4v) is 1.78. The Labute approximate surface area is 99.1 Å². The van der Waals surface area contributed by atoms with Crippen molar-refractivity contribution in [1.82, 2.24) is 0 Å². The van der Waals surface area contributed by atoms with Crippen molar-refractivity contribution in [3.63, 3.8) is 0 Å². The summed E-state index contributed by atoms with van der Waals surface area (Å²) in [4.78, 5) is 0. The number of benzene rings is 1. The second kappa shape index (κ2) is 7.06. The van der Waals surface area contributed by atoms with E-state index < -0.39 is 0 Å². The van der Waals surface area contributed by atoms with Gasteiger partial charge in [0, 0.05) is 6.42 Å². The summed E-state index contributed by atoms with van der Waals surface area (Å²) in [5, 5.41) is 8.44. The number of nitriles is 1. The fourth-order valence-electron chi connectivity index (χ4n) is 1.78. The number of hydrogen-bond donors (Lipinski definition) is 0. The minimum Gasteiger partial charge on any atom is -0.198 e. The van der Waals surface area contributed by atoms with E-state index in [9.17, 15) is 0 Å². The third-order valence-corrected chi connectivity index (χ3v) is 3.17. The zero-order chi connectivity index (χ0) is 11.8. The van der Waals surface area contributed by atoms with Gasteiger partial charge < -0.3 is 0 Å². The van der Waals surface area contributed by atoms with Crippen molar-refractivity contribution in [3.05, 3.63) is 35.4 Å². The molecule has 0 aliphatic rings. The first-order valence-electron chi connectivity index (χ1n) is 6.23. The molecule has 1 rings (SSSR count). The summed E-state index contributed by atoms with van der Waals surface area (Å²) in [6, 6.07) is 11.1. The zero-order valence-corrected chi connectivity index (χ0v) is 10.4. The molecule has 0 spiro atoms. The maximum atomic E-state index is 8.44. The minimum absolute atomic E-state index is 0.660. The van der Waals surface area contributed by atoms with Crippen LogP contribution in [0.5, 0.6) is 0 Å².